The van der Waals surface area contributed by atoms with Crippen molar-refractivity contribution in [2.24, 2.45) is 0 Å². The van der Waals surface area contributed by atoms with Crippen molar-refractivity contribution in [3.05, 3.63) is 70.3 Å². The Labute approximate surface area is 220 Å². The smallest absolute Gasteiger partial charge is 0.255 e. The van der Waals surface area contributed by atoms with E-state index < -0.39 is 6.04 Å². The van der Waals surface area contributed by atoms with Gasteiger partial charge < -0.3 is 24.1 Å². The molecule has 1 fully saturated rings. The van der Waals surface area contributed by atoms with E-state index in [1.54, 1.807) is 4.90 Å². The van der Waals surface area contributed by atoms with Crippen LogP contribution in [0.4, 0.5) is 0 Å². The highest BCUT2D eigenvalue weighted by Gasteiger charge is 2.40. The molecule has 196 valence electrons. The lowest BCUT2D eigenvalue weighted by Gasteiger charge is -2.45. The molecule has 1 amide bonds. The van der Waals surface area contributed by atoms with Crippen LogP contribution in [0.3, 0.4) is 0 Å². The molecule has 0 aromatic heterocycles. The van der Waals surface area contributed by atoms with Gasteiger partial charge in [-0.25, -0.2) is 0 Å². The first kappa shape index (κ1) is 25.8. The number of carbonyl (C=O) groups is 3. The molecule has 3 aliphatic rings. The fraction of sp³-hybridized carbons (Fsp3) is 0.516. The number of aldehydes is 2. The van der Waals surface area contributed by atoms with Crippen LogP contribution in [-0.4, -0.2) is 60.6 Å². The molecule has 2 aromatic carbocycles. The van der Waals surface area contributed by atoms with E-state index >= 15 is 0 Å². The molecule has 0 bridgehead atoms. The van der Waals surface area contributed by atoms with Crippen molar-refractivity contribution < 1.29 is 19.1 Å². The van der Waals surface area contributed by atoms with Gasteiger partial charge in [0, 0.05) is 31.6 Å². The van der Waals surface area contributed by atoms with Crippen LogP contribution in [0.25, 0.3) is 0 Å². The van der Waals surface area contributed by atoms with Crippen LogP contribution in [0.2, 0.25) is 0 Å². The molecule has 1 spiro atoms. The van der Waals surface area contributed by atoms with Crippen LogP contribution < -0.4 is 0 Å². The van der Waals surface area contributed by atoms with Crippen molar-refractivity contribution in [1.29, 1.82) is 0 Å². The lowest BCUT2D eigenvalue weighted by Crippen LogP contribution is -2.46. The molecule has 1 atom stereocenters. The molecule has 6 nitrogen and oxygen atoms in total. The topological polar surface area (TPSA) is 66.9 Å². The Morgan fingerprint density at radius 2 is 1.84 bits per heavy atom. The minimum atomic E-state index is -0.533. The van der Waals surface area contributed by atoms with Crippen LogP contribution in [0.15, 0.2) is 42.5 Å². The molecular weight excluding hydrogens is 464 g/mol. The van der Waals surface area contributed by atoms with E-state index in [2.05, 4.69) is 35.2 Å². The number of fused-ring (bicyclic) bond motifs is 3. The van der Waals surface area contributed by atoms with E-state index in [4.69, 9.17) is 4.74 Å². The molecule has 37 heavy (non-hydrogen) atoms. The Kier molecular flexibility index (Phi) is 8.16. The summed E-state index contributed by atoms with van der Waals surface area (Å²) in [5.41, 5.74) is 5.77. The number of likely N-dealkylation sites (tertiary alicyclic amines) is 1. The molecule has 0 N–H and O–H groups in total. The average Bonchev–Trinajstić information content (AvgIpc) is 3.27. The maximum absolute atomic E-state index is 12.9. The van der Waals surface area contributed by atoms with Crippen LogP contribution in [-0.2, 0) is 39.3 Å². The van der Waals surface area contributed by atoms with Crippen LogP contribution in [0.5, 0.6) is 0 Å². The summed E-state index contributed by atoms with van der Waals surface area (Å²) in [6, 6.07) is 14.2. The number of unbranched alkanes of at least 4 members (excludes halogenated alkanes) is 2. The van der Waals surface area contributed by atoms with Crippen molar-refractivity contribution in [3.63, 3.8) is 0 Å². The number of rotatable bonds is 11. The summed E-state index contributed by atoms with van der Waals surface area (Å²) >= 11 is 0. The van der Waals surface area contributed by atoms with E-state index in [0.29, 0.717) is 18.5 Å². The SMILES string of the molecule is O=CCCC(C=O)N1Cc2c(CCCCCN3CCC4(CC3)OCCc3ccccc34)cccc2C1=O. The van der Waals surface area contributed by atoms with Crippen molar-refractivity contribution in [3.8, 4) is 0 Å². The van der Waals surface area contributed by atoms with Gasteiger partial charge in [-0.1, -0.05) is 42.8 Å². The second-order valence-electron chi connectivity index (χ2n) is 10.7. The van der Waals surface area contributed by atoms with Gasteiger partial charge in [0.15, 0.2) is 0 Å². The predicted molar refractivity (Wildman–Crippen MR) is 142 cm³/mol. The van der Waals surface area contributed by atoms with Gasteiger partial charge in [0.05, 0.1) is 18.2 Å². The Morgan fingerprint density at radius 1 is 1.00 bits per heavy atom. The summed E-state index contributed by atoms with van der Waals surface area (Å²) in [5.74, 6) is -0.0905. The van der Waals surface area contributed by atoms with Gasteiger partial charge in [-0.2, -0.15) is 0 Å². The maximum atomic E-state index is 12.9. The molecule has 1 saturated heterocycles. The van der Waals surface area contributed by atoms with Crippen LogP contribution in [0.1, 0.15) is 77.6 Å². The zero-order valence-corrected chi connectivity index (χ0v) is 21.7. The summed E-state index contributed by atoms with van der Waals surface area (Å²) in [7, 11) is 0. The third kappa shape index (κ3) is 5.41. The molecule has 6 heteroatoms. The number of carbonyl (C=O) groups excluding carboxylic acids is 3. The summed E-state index contributed by atoms with van der Waals surface area (Å²) < 4.78 is 6.38. The lowest BCUT2D eigenvalue weighted by molar-refractivity contribution is -0.112. The van der Waals surface area contributed by atoms with Gasteiger partial charge in [-0.15, -0.1) is 0 Å². The van der Waals surface area contributed by atoms with E-state index in [0.717, 1.165) is 82.9 Å². The number of hydrogen-bond acceptors (Lipinski definition) is 5. The fourth-order valence-electron chi connectivity index (χ4n) is 6.45. The molecule has 0 aliphatic carbocycles. The monoisotopic (exact) mass is 502 g/mol. The number of piperidine rings is 1. The Bertz CT molecular complexity index is 1120. The number of hydrogen-bond donors (Lipinski definition) is 0. The number of ether oxygens (including phenoxy) is 1. The summed E-state index contributed by atoms with van der Waals surface area (Å²) in [6.45, 7) is 4.58. The summed E-state index contributed by atoms with van der Waals surface area (Å²) in [6.07, 6.45) is 9.79. The number of aryl methyl sites for hydroxylation is 1. The zero-order valence-electron chi connectivity index (χ0n) is 21.7. The fourth-order valence-corrected chi connectivity index (χ4v) is 6.45. The zero-order chi connectivity index (χ0) is 25.7. The minimum absolute atomic E-state index is 0.0829. The van der Waals surface area contributed by atoms with E-state index in [1.165, 1.54) is 23.1 Å². The first-order valence-electron chi connectivity index (χ1n) is 13.9. The molecule has 1 unspecified atom stereocenters. The van der Waals surface area contributed by atoms with Gasteiger partial charge in [0.25, 0.3) is 5.91 Å². The molecular formula is C31H38N2O4. The highest BCUT2D eigenvalue weighted by Crippen LogP contribution is 2.41. The molecule has 0 radical (unpaired) electrons. The number of amides is 1. The lowest BCUT2D eigenvalue weighted by atomic mass is 9.79. The van der Waals surface area contributed by atoms with Crippen molar-refractivity contribution in [2.45, 2.75) is 76.0 Å². The molecule has 3 aliphatic heterocycles. The van der Waals surface area contributed by atoms with Crippen molar-refractivity contribution in [1.82, 2.24) is 9.80 Å². The van der Waals surface area contributed by atoms with Gasteiger partial charge in [-0.05, 0) is 79.8 Å². The Balaban J connectivity index is 1.08. The second-order valence-corrected chi connectivity index (χ2v) is 10.7. The molecule has 2 aromatic rings. The molecule has 0 saturated carbocycles. The average molecular weight is 503 g/mol. The molecule has 5 rings (SSSR count). The third-order valence-corrected chi connectivity index (χ3v) is 8.57. The van der Waals surface area contributed by atoms with Gasteiger partial charge in [0.1, 0.15) is 12.6 Å². The number of nitrogens with zero attached hydrogens (tertiary/aromatic N) is 2. The first-order valence-corrected chi connectivity index (χ1v) is 13.9. The Morgan fingerprint density at radius 3 is 2.65 bits per heavy atom. The normalized spacial score (nSPS) is 19.5. The third-order valence-electron chi connectivity index (χ3n) is 8.57. The quantitative estimate of drug-likeness (QED) is 0.335. The van der Waals surface area contributed by atoms with Gasteiger partial charge >= 0.3 is 0 Å². The second kappa shape index (κ2) is 11.7. The molecule has 3 heterocycles. The van der Waals surface area contributed by atoms with Gasteiger partial charge in [-0.3, -0.25) is 4.79 Å². The number of benzene rings is 2. The maximum Gasteiger partial charge on any atom is 0.255 e. The van der Waals surface area contributed by atoms with E-state index in [9.17, 15) is 14.4 Å². The minimum Gasteiger partial charge on any atom is -0.370 e. The highest BCUT2D eigenvalue weighted by atomic mass is 16.5. The van der Waals surface area contributed by atoms with Crippen LogP contribution in [0, 0.1) is 0 Å². The largest absolute Gasteiger partial charge is 0.370 e. The summed E-state index contributed by atoms with van der Waals surface area (Å²) in [5, 5.41) is 0. The predicted octanol–water partition coefficient (Wildman–Crippen LogP) is 4.47. The van der Waals surface area contributed by atoms with Crippen molar-refractivity contribution in [2.75, 3.05) is 26.2 Å². The van der Waals surface area contributed by atoms with Gasteiger partial charge in [0.2, 0.25) is 0 Å². The summed E-state index contributed by atoms with van der Waals surface area (Å²) in [4.78, 5) is 39.5. The van der Waals surface area contributed by atoms with E-state index in [-0.39, 0.29) is 17.9 Å². The highest BCUT2D eigenvalue weighted by molar-refractivity contribution is 6.00. The standard InChI is InChI=1S/C31H38N2O4/c34-20-7-11-26(23-35)33-22-28-24(10-6-12-27(28)30(33)36)8-2-1-5-17-32-18-15-31(16-19-32)29-13-4-3-9-25(29)14-21-37-31/h3-4,6,9-10,12-13,20,23,26H,1-2,5,7-8,11,14-19,21-22H2. The van der Waals surface area contributed by atoms with Crippen LogP contribution >= 0.6 is 0 Å². The first-order chi connectivity index (χ1) is 18.1. The van der Waals surface area contributed by atoms with E-state index in [1.807, 2.05) is 12.1 Å². The Hall–Kier alpha value is -2.83. The van der Waals surface area contributed by atoms with Crippen molar-refractivity contribution >= 4 is 18.5 Å².